The highest BCUT2D eigenvalue weighted by molar-refractivity contribution is 9.10. The van der Waals surface area contributed by atoms with Crippen LogP contribution in [0.2, 0.25) is 5.02 Å². The van der Waals surface area contributed by atoms with Crippen LogP contribution in [-0.2, 0) is 22.6 Å². The van der Waals surface area contributed by atoms with Crippen molar-refractivity contribution in [3.63, 3.8) is 0 Å². The Hall–Kier alpha value is -3.00. The van der Waals surface area contributed by atoms with Crippen molar-refractivity contribution in [1.29, 1.82) is 0 Å². The fourth-order valence-electron chi connectivity index (χ4n) is 3.43. The van der Waals surface area contributed by atoms with Crippen LogP contribution in [0.4, 0.5) is 5.69 Å². The zero-order valence-corrected chi connectivity index (χ0v) is 21.3. The summed E-state index contributed by atoms with van der Waals surface area (Å²) in [6.45, 7) is 2.35. The molecule has 0 aromatic heterocycles. The normalized spacial score (nSPS) is 15.0. The minimum absolute atomic E-state index is 0.0392. The average Bonchev–Trinajstić information content (AvgIpc) is 2.82. The molecule has 1 saturated heterocycles. The summed E-state index contributed by atoms with van der Waals surface area (Å²) in [7, 11) is 0. The van der Waals surface area contributed by atoms with E-state index >= 15 is 0 Å². The van der Waals surface area contributed by atoms with Crippen molar-refractivity contribution in [2.45, 2.75) is 20.0 Å². The topological polar surface area (TPSA) is 58.6 Å². The molecule has 1 fully saturated rings. The van der Waals surface area contributed by atoms with Gasteiger partial charge in [-0.25, -0.2) is 0 Å². The second-order valence-electron chi connectivity index (χ2n) is 7.58. The summed E-state index contributed by atoms with van der Waals surface area (Å²) in [6, 6.07) is 20.2. The lowest BCUT2D eigenvalue weighted by Gasteiger charge is -2.29. The molecule has 0 bridgehead atoms. The molecule has 4 rings (SSSR count). The number of anilines is 1. The van der Waals surface area contributed by atoms with Crippen molar-refractivity contribution < 1.29 is 14.3 Å². The molecule has 3 aromatic carbocycles. The van der Waals surface area contributed by atoms with E-state index in [-0.39, 0.29) is 10.7 Å². The SMILES string of the molecule is CCc1ccc(N2C(=O)/C(=C/c3cc(Br)ccc3OCc3ccc(Cl)cc3)C(=O)NC2=S)cc1. The van der Waals surface area contributed by atoms with Crippen molar-refractivity contribution in [3.05, 3.63) is 98.5 Å². The third-order valence-electron chi connectivity index (χ3n) is 5.28. The third kappa shape index (κ3) is 5.38. The Labute approximate surface area is 216 Å². The number of halogens is 2. The molecular weight excluding hydrogens is 536 g/mol. The summed E-state index contributed by atoms with van der Waals surface area (Å²) in [5.74, 6) is -0.528. The minimum atomic E-state index is -0.556. The van der Waals surface area contributed by atoms with Crippen molar-refractivity contribution in [2.24, 2.45) is 0 Å². The van der Waals surface area contributed by atoms with Gasteiger partial charge in [0.15, 0.2) is 5.11 Å². The highest BCUT2D eigenvalue weighted by Crippen LogP contribution is 2.29. The number of thiocarbonyl (C=S) groups is 1. The summed E-state index contributed by atoms with van der Waals surface area (Å²) >= 11 is 14.7. The Morgan fingerprint density at radius 3 is 2.38 bits per heavy atom. The Balaban J connectivity index is 1.65. The predicted molar refractivity (Wildman–Crippen MR) is 142 cm³/mol. The van der Waals surface area contributed by atoms with Gasteiger partial charge in [0.25, 0.3) is 11.8 Å². The van der Waals surface area contributed by atoms with Gasteiger partial charge in [0, 0.05) is 15.1 Å². The molecule has 1 aliphatic rings. The van der Waals surface area contributed by atoms with Crippen molar-refractivity contribution in [2.75, 3.05) is 4.90 Å². The molecule has 5 nitrogen and oxygen atoms in total. The van der Waals surface area contributed by atoms with Gasteiger partial charge in [0.2, 0.25) is 0 Å². The summed E-state index contributed by atoms with van der Waals surface area (Å²) in [5, 5.41) is 3.31. The molecule has 172 valence electrons. The highest BCUT2D eigenvalue weighted by Gasteiger charge is 2.34. The maximum absolute atomic E-state index is 13.4. The lowest BCUT2D eigenvalue weighted by atomic mass is 10.1. The number of amides is 2. The summed E-state index contributed by atoms with van der Waals surface area (Å²) in [5.41, 5.74) is 3.20. The number of ether oxygens (including phenoxy) is 1. The lowest BCUT2D eigenvalue weighted by molar-refractivity contribution is -0.122. The number of carbonyl (C=O) groups excluding carboxylic acids is 2. The fourth-order valence-corrected chi connectivity index (χ4v) is 4.22. The van der Waals surface area contributed by atoms with Gasteiger partial charge in [-0.3, -0.25) is 19.8 Å². The van der Waals surface area contributed by atoms with Crippen LogP contribution in [0, 0.1) is 0 Å². The Bertz CT molecular complexity index is 1290. The third-order valence-corrected chi connectivity index (χ3v) is 6.31. The molecule has 2 amide bonds. The van der Waals surface area contributed by atoms with Crippen LogP contribution in [-0.4, -0.2) is 16.9 Å². The number of nitrogens with one attached hydrogen (secondary N) is 1. The van der Waals surface area contributed by atoms with Gasteiger partial charge in [0.05, 0.1) is 5.69 Å². The van der Waals surface area contributed by atoms with Crippen molar-refractivity contribution >= 4 is 68.4 Å². The fraction of sp³-hybridized carbons (Fsp3) is 0.115. The Kier molecular flexibility index (Phi) is 7.46. The standard InChI is InChI=1S/C26H20BrClN2O3S/c1-2-16-5-10-21(11-6-16)30-25(32)22(24(31)29-26(30)34)14-18-13-19(27)7-12-23(18)33-15-17-3-8-20(28)9-4-17/h3-14H,2,15H2,1H3,(H,29,31,34)/b22-14+. The maximum Gasteiger partial charge on any atom is 0.270 e. The number of aryl methyl sites for hydroxylation is 1. The van der Waals surface area contributed by atoms with E-state index in [1.807, 2.05) is 42.5 Å². The molecule has 0 radical (unpaired) electrons. The number of nitrogens with zero attached hydrogens (tertiary/aromatic N) is 1. The van der Waals surface area contributed by atoms with E-state index in [1.54, 1.807) is 24.3 Å². The second-order valence-corrected chi connectivity index (χ2v) is 9.31. The summed E-state index contributed by atoms with van der Waals surface area (Å²) in [4.78, 5) is 27.4. The van der Waals surface area contributed by atoms with E-state index in [9.17, 15) is 9.59 Å². The number of carbonyl (C=O) groups is 2. The molecule has 8 heteroatoms. The van der Waals surface area contributed by atoms with Crippen LogP contribution < -0.4 is 15.0 Å². The first-order chi connectivity index (χ1) is 16.4. The number of rotatable bonds is 6. The van der Waals surface area contributed by atoms with E-state index < -0.39 is 11.8 Å². The zero-order chi connectivity index (χ0) is 24.2. The van der Waals surface area contributed by atoms with Gasteiger partial charge in [0.1, 0.15) is 17.9 Å². The van der Waals surface area contributed by atoms with E-state index in [4.69, 9.17) is 28.6 Å². The smallest absolute Gasteiger partial charge is 0.270 e. The average molecular weight is 556 g/mol. The molecule has 3 aromatic rings. The number of hydrogen-bond acceptors (Lipinski definition) is 4. The first kappa shape index (κ1) is 24.1. The molecule has 0 saturated carbocycles. The summed E-state index contributed by atoms with van der Waals surface area (Å²) < 4.78 is 6.78. The Morgan fingerprint density at radius 1 is 1.03 bits per heavy atom. The van der Waals surface area contributed by atoms with Gasteiger partial charge < -0.3 is 4.74 Å². The van der Waals surface area contributed by atoms with Crippen LogP contribution in [0.1, 0.15) is 23.6 Å². The van der Waals surface area contributed by atoms with Crippen LogP contribution in [0.5, 0.6) is 5.75 Å². The number of benzene rings is 3. The van der Waals surface area contributed by atoms with Gasteiger partial charge in [-0.2, -0.15) is 0 Å². The van der Waals surface area contributed by atoms with Crippen LogP contribution in [0.25, 0.3) is 6.08 Å². The number of hydrogen-bond donors (Lipinski definition) is 1. The minimum Gasteiger partial charge on any atom is -0.488 e. The lowest BCUT2D eigenvalue weighted by Crippen LogP contribution is -2.54. The maximum atomic E-state index is 13.4. The molecule has 1 aliphatic heterocycles. The monoisotopic (exact) mass is 554 g/mol. The molecule has 1 heterocycles. The highest BCUT2D eigenvalue weighted by atomic mass is 79.9. The van der Waals surface area contributed by atoms with Crippen LogP contribution in [0.3, 0.4) is 0 Å². The van der Waals surface area contributed by atoms with Crippen LogP contribution >= 0.6 is 39.7 Å². The quantitative estimate of drug-likeness (QED) is 0.228. The van der Waals surface area contributed by atoms with Crippen molar-refractivity contribution in [1.82, 2.24) is 5.32 Å². The largest absolute Gasteiger partial charge is 0.488 e. The molecule has 34 heavy (non-hydrogen) atoms. The van der Waals surface area contributed by atoms with E-state index in [0.29, 0.717) is 28.6 Å². The summed E-state index contributed by atoms with van der Waals surface area (Å²) in [6.07, 6.45) is 2.40. The predicted octanol–water partition coefficient (Wildman–Crippen LogP) is 6.08. The zero-order valence-electron chi connectivity index (χ0n) is 18.2. The Morgan fingerprint density at radius 2 is 1.71 bits per heavy atom. The second kappa shape index (κ2) is 10.5. The molecule has 1 N–H and O–H groups in total. The van der Waals surface area contributed by atoms with Gasteiger partial charge in [-0.1, -0.05) is 58.7 Å². The van der Waals surface area contributed by atoms with Crippen LogP contribution in [0.15, 0.2) is 76.8 Å². The molecule has 0 spiro atoms. The van der Waals surface area contributed by atoms with E-state index in [0.717, 1.165) is 22.0 Å². The molecule has 0 unspecified atom stereocenters. The molecule has 0 atom stereocenters. The van der Waals surface area contributed by atoms with Gasteiger partial charge in [-0.05, 0) is 78.3 Å². The van der Waals surface area contributed by atoms with Gasteiger partial charge >= 0.3 is 0 Å². The first-order valence-corrected chi connectivity index (χ1v) is 12.1. The molecule has 0 aliphatic carbocycles. The van der Waals surface area contributed by atoms with E-state index in [2.05, 4.69) is 28.2 Å². The van der Waals surface area contributed by atoms with Crippen molar-refractivity contribution in [3.8, 4) is 5.75 Å². The molecular formula is C26H20BrClN2O3S. The first-order valence-electron chi connectivity index (χ1n) is 10.5. The van der Waals surface area contributed by atoms with Gasteiger partial charge in [-0.15, -0.1) is 0 Å². The van der Waals surface area contributed by atoms with E-state index in [1.165, 1.54) is 11.0 Å².